The predicted molar refractivity (Wildman–Crippen MR) is 278 cm³/mol. The Labute approximate surface area is 377 Å². The molecule has 12 aromatic carbocycles. The molecule has 1 aromatic heterocycles. The van der Waals surface area contributed by atoms with Gasteiger partial charge in [0.15, 0.2) is 0 Å². The predicted octanol–water partition coefficient (Wildman–Crippen LogP) is 17.7. The summed E-state index contributed by atoms with van der Waals surface area (Å²) in [5.41, 5.74) is 15.6. The van der Waals surface area contributed by atoms with Crippen molar-refractivity contribution in [3.63, 3.8) is 0 Å². The van der Waals surface area contributed by atoms with Crippen LogP contribution in [0.4, 0.5) is 0 Å². The van der Waals surface area contributed by atoms with Gasteiger partial charge in [-0.3, -0.25) is 0 Å². The van der Waals surface area contributed by atoms with Gasteiger partial charge in [0.25, 0.3) is 0 Å². The van der Waals surface area contributed by atoms with Crippen molar-refractivity contribution in [2.75, 3.05) is 0 Å². The van der Waals surface area contributed by atoms with Gasteiger partial charge in [0.1, 0.15) is 0 Å². The first kappa shape index (κ1) is 37.1. The van der Waals surface area contributed by atoms with Gasteiger partial charge in [0.2, 0.25) is 0 Å². The summed E-state index contributed by atoms with van der Waals surface area (Å²) in [6, 6.07) is 91.6. The van der Waals surface area contributed by atoms with Crippen molar-refractivity contribution in [1.29, 1.82) is 0 Å². The highest BCUT2D eigenvalue weighted by Crippen LogP contribution is 2.39. The highest BCUT2D eigenvalue weighted by Gasteiger charge is 2.16. The average Bonchev–Trinajstić information content (AvgIpc) is 3.71. The fraction of sp³-hybridized carbons (Fsp3) is 0. The number of aromatic nitrogens is 1. The Bertz CT molecular complexity index is 3730. The quantitative estimate of drug-likeness (QED) is 0.147. The van der Waals surface area contributed by atoms with Crippen LogP contribution in [-0.2, 0) is 0 Å². The molecule has 0 atom stereocenters. The van der Waals surface area contributed by atoms with Gasteiger partial charge in [-0.2, -0.15) is 0 Å². The lowest BCUT2D eigenvalue weighted by Crippen LogP contribution is -1.94. The lowest BCUT2D eigenvalue weighted by atomic mass is 9.95. The van der Waals surface area contributed by atoms with Gasteiger partial charge in [-0.1, -0.05) is 200 Å². The molecule has 0 N–H and O–H groups in total. The van der Waals surface area contributed by atoms with E-state index < -0.39 is 0 Å². The number of rotatable bonds is 6. The smallest absolute Gasteiger partial charge is 0.0541 e. The zero-order valence-electron chi connectivity index (χ0n) is 35.6. The summed E-state index contributed by atoms with van der Waals surface area (Å²) in [7, 11) is 0. The second-order valence-corrected chi connectivity index (χ2v) is 17.3. The van der Waals surface area contributed by atoms with Gasteiger partial charge in [-0.05, 0) is 147 Å². The average molecular weight is 824 g/mol. The molecule has 0 aliphatic carbocycles. The minimum atomic E-state index is 1.14. The third kappa shape index (κ3) is 6.40. The first-order valence-corrected chi connectivity index (χ1v) is 22.5. The maximum atomic E-state index is 2.42. The Balaban J connectivity index is 0.880. The molecule has 0 bridgehead atoms. The standard InChI is InChI=1S/C64H41N/c1-2-8-42(9-3-1)43-26-32-56(33-27-43)65-63-36-30-52(46-18-14-44(15-19-46)50-28-34-59-54(38-50)24-22-48-10-4-6-12-57(48)59)40-61(63)62-41-53(31-37-64(62)65)47-20-16-45(17-21-47)51-29-35-60-55(39-51)25-23-49-11-5-7-13-58(49)60/h1-41H. The monoisotopic (exact) mass is 823 g/mol. The zero-order chi connectivity index (χ0) is 42.8. The van der Waals surface area contributed by atoms with Crippen molar-refractivity contribution < 1.29 is 0 Å². The molecule has 0 amide bonds. The van der Waals surface area contributed by atoms with E-state index >= 15 is 0 Å². The first-order valence-electron chi connectivity index (χ1n) is 22.5. The first-order chi connectivity index (χ1) is 32.2. The van der Waals surface area contributed by atoms with Crippen molar-refractivity contribution in [3.8, 4) is 61.3 Å². The molecule has 0 saturated heterocycles. The third-order valence-corrected chi connectivity index (χ3v) is 13.6. The van der Waals surface area contributed by atoms with E-state index in [0.29, 0.717) is 0 Å². The summed E-state index contributed by atoms with van der Waals surface area (Å²) in [5.74, 6) is 0. The fourth-order valence-corrected chi connectivity index (χ4v) is 10.2. The van der Waals surface area contributed by atoms with E-state index in [9.17, 15) is 0 Å². The van der Waals surface area contributed by atoms with Gasteiger partial charge < -0.3 is 4.57 Å². The van der Waals surface area contributed by atoms with Crippen LogP contribution in [0.25, 0.3) is 126 Å². The minimum absolute atomic E-state index is 1.14. The van der Waals surface area contributed by atoms with Crippen LogP contribution in [0.1, 0.15) is 0 Å². The van der Waals surface area contributed by atoms with Crippen LogP contribution in [0.15, 0.2) is 249 Å². The summed E-state index contributed by atoms with van der Waals surface area (Å²) >= 11 is 0. The Morgan fingerprint density at radius 1 is 0.185 bits per heavy atom. The number of hydrogen-bond donors (Lipinski definition) is 0. The summed E-state index contributed by atoms with van der Waals surface area (Å²) in [6.07, 6.45) is 0. The Morgan fingerprint density at radius 2 is 0.508 bits per heavy atom. The molecule has 1 heterocycles. The summed E-state index contributed by atoms with van der Waals surface area (Å²) in [5, 5.41) is 12.7. The molecule has 13 rings (SSSR count). The molecule has 0 fully saturated rings. The largest absolute Gasteiger partial charge is 0.309 e. The van der Waals surface area contributed by atoms with E-state index in [4.69, 9.17) is 0 Å². The van der Waals surface area contributed by atoms with E-state index in [1.54, 1.807) is 0 Å². The van der Waals surface area contributed by atoms with Gasteiger partial charge >= 0.3 is 0 Å². The lowest BCUT2D eigenvalue weighted by molar-refractivity contribution is 1.18. The number of nitrogens with zero attached hydrogens (tertiary/aromatic N) is 1. The van der Waals surface area contributed by atoms with Crippen molar-refractivity contribution in [2.24, 2.45) is 0 Å². The normalized spacial score (nSPS) is 11.7. The van der Waals surface area contributed by atoms with E-state index in [1.165, 1.54) is 121 Å². The van der Waals surface area contributed by atoms with Gasteiger partial charge in [-0.15, -0.1) is 0 Å². The second-order valence-electron chi connectivity index (χ2n) is 17.3. The van der Waals surface area contributed by atoms with E-state index in [0.717, 1.165) is 5.69 Å². The Morgan fingerprint density at radius 3 is 0.985 bits per heavy atom. The molecule has 0 saturated carbocycles. The van der Waals surface area contributed by atoms with Crippen molar-refractivity contribution in [2.45, 2.75) is 0 Å². The molecule has 65 heavy (non-hydrogen) atoms. The number of fused-ring (bicyclic) bond motifs is 9. The van der Waals surface area contributed by atoms with Crippen LogP contribution in [0.5, 0.6) is 0 Å². The molecule has 302 valence electrons. The van der Waals surface area contributed by atoms with Crippen molar-refractivity contribution in [3.05, 3.63) is 249 Å². The minimum Gasteiger partial charge on any atom is -0.309 e. The molecular formula is C64H41N. The zero-order valence-corrected chi connectivity index (χ0v) is 35.6. The van der Waals surface area contributed by atoms with Crippen LogP contribution in [-0.4, -0.2) is 4.57 Å². The van der Waals surface area contributed by atoms with Crippen LogP contribution in [0.3, 0.4) is 0 Å². The molecule has 0 radical (unpaired) electrons. The maximum Gasteiger partial charge on any atom is 0.0541 e. The van der Waals surface area contributed by atoms with Crippen LogP contribution < -0.4 is 0 Å². The summed E-state index contributed by atoms with van der Waals surface area (Å²) < 4.78 is 2.42. The van der Waals surface area contributed by atoms with E-state index in [1.807, 2.05) is 0 Å². The van der Waals surface area contributed by atoms with Crippen molar-refractivity contribution >= 4 is 64.9 Å². The summed E-state index contributed by atoms with van der Waals surface area (Å²) in [6.45, 7) is 0. The number of benzene rings is 12. The van der Waals surface area contributed by atoms with Crippen LogP contribution in [0, 0.1) is 0 Å². The molecule has 13 aromatic rings. The summed E-state index contributed by atoms with van der Waals surface area (Å²) in [4.78, 5) is 0. The molecule has 1 heteroatoms. The fourth-order valence-electron chi connectivity index (χ4n) is 10.2. The molecular weight excluding hydrogens is 783 g/mol. The molecule has 0 unspecified atom stereocenters. The number of hydrogen-bond acceptors (Lipinski definition) is 0. The highest BCUT2D eigenvalue weighted by molar-refractivity contribution is 6.12. The van der Waals surface area contributed by atoms with Gasteiger partial charge in [0, 0.05) is 16.5 Å². The topological polar surface area (TPSA) is 4.93 Å². The second kappa shape index (κ2) is 15.1. The Hall–Kier alpha value is -8.52. The van der Waals surface area contributed by atoms with Crippen molar-refractivity contribution in [1.82, 2.24) is 4.57 Å². The molecule has 0 aliphatic rings. The Kier molecular flexibility index (Phi) is 8.60. The maximum absolute atomic E-state index is 2.42. The third-order valence-electron chi connectivity index (χ3n) is 13.6. The molecule has 1 nitrogen and oxygen atoms in total. The van der Waals surface area contributed by atoms with E-state index in [2.05, 4.69) is 253 Å². The highest BCUT2D eigenvalue weighted by atomic mass is 15.0. The molecule has 0 aliphatic heterocycles. The SMILES string of the molecule is c1ccc(-c2ccc(-n3c4ccc(-c5ccc(-c6ccc7c(ccc8ccccc87)c6)cc5)cc4c4cc(-c5ccc(-c6ccc7c(ccc8ccccc87)c6)cc5)ccc43)cc2)cc1. The van der Waals surface area contributed by atoms with Gasteiger partial charge in [-0.25, -0.2) is 0 Å². The van der Waals surface area contributed by atoms with Crippen LogP contribution in [0.2, 0.25) is 0 Å². The van der Waals surface area contributed by atoms with Crippen LogP contribution >= 0.6 is 0 Å². The van der Waals surface area contributed by atoms with E-state index in [-0.39, 0.29) is 0 Å². The lowest BCUT2D eigenvalue weighted by Gasteiger charge is -2.11. The van der Waals surface area contributed by atoms with Gasteiger partial charge in [0.05, 0.1) is 11.0 Å². The molecule has 0 spiro atoms.